The standard InChI is InChI=1S/C12H13N3O/c1-7-4-5-10(11(16)6-7)12-14-8(2)13-9(3)15-12/h4-6,16H,1-3H3. The number of phenols is 1. The van der Waals surface area contributed by atoms with Crippen LogP contribution in [0.1, 0.15) is 17.2 Å². The molecule has 1 heterocycles. The highest BCUT2D eigenvalue weighted by atomic mass is 16.3. The second-order valence-electron chi connectivity index (χ2n) is 3.77. The maximum atomic E-state index is 9.83. The topological polar surface area (TPSA) is 58.9 Å². The molecule has 0 aliphatic rings. The molecule has 0 atom stereocenters. The van der Waals surface area contributed by atoms with E-state index < -0.39 is 0 Å². The molecular formula is C12H13N3O. The minimum absolute atomic E-state index is 0.199. The van der Waals surface area contributed by atoms with Crippen LogP contribution in [0.15, 0.2) is 18.2 Å². The number of phenolic OH excluding ortho intramolecular Hbond substituents is 1. The van der Waals surface area contributed by atoms with Gasteiger partial charge in [-0.15, -0.1) is 0 Å². The molecule has 1 aromatic heterocycles. The van der Waals surface area contributed by atoms with Gasteiger partial charge in [0, 0.05) is 0 Å². The minimum atomic E-state index is 0.199. The summed E-state index contributed by atoms with van der Waals surface area (Å²) in [6.07, 6.45) is 0. The monoisotopic (exact) mass is 215 g/mol. The molecule has 0 amide bonds. The first-order valence-electron chi connectivity index (χ1n) is 5.05. The van der Waals surface area contributed by atoms with Crippen molar-refractivity contribution in [2.24, 2.45) is 0 Å². The van der Waals surface area contributed by atoms with E-state index in [9.17, 15) is 5.11 Å². The van der Waals surface area contributed by atoms with Crippen molar-refractivity contribution < 1.29 is 5.11 Å². The zero-order valence-corrected chi connectivity index (χ0v) is 9.52. The second kappa shape index (κ2) is 3.89. The SMILES string of the molecule is Cc1ccc(-c2nc(C)nc(C)n2)c(O)c1. The van der Waals surface area contributed by atoms with Crippen molar-refractivity contribution in [2.45, 2.75) is 20.8 Å². The predicted molar refractivity (Wildman–Crippen MR) is 61.1 cm³/mol. The van der Waals surface area contributed by atoms with Crippen molar-refractivity contribution in [3.8, 4) is 17.1 Å². The predicted octanol–water partition coefficient (Wildman–Crippen LogP) is 2.17. The van der Waals surface area contributed by atoms with Crippen LogP contribution in [0.2, 0.25) is 0 Å². The Hall–Kier alpha value is -1.97. The van der Waals surface area contributed by atoms with Crippen LogP contribution in [0.3, 0.4) is 0 Å². The first-order chi connectivity index (χ1) is 7.56. The molecule has 0 saturated carbocycles. The van der Waals surface area contributed by atoms with E-state index >= 15 is 0 Å². The van der Waals surface area contributed by atoms with Gasteiger partial charge in [0.05, 0.1) is 5.56 Å². The molecule has 0 spiro atoms. The first-order valence-corrected chi connectivity index (χ1v) is 5.05. The van der Waals surface area contributed by atoms with Crippen molar-refractivity contribution >= 4 is 0 Å². The van der Waals surface area contributed by atoms with Gasteiger partial charge in [0.15, 0.2) is 5.82 Å². The van der Waals surface area contributed by atoms with Gasteiger partial charge in [-0.2, -0.15) is 0 Å². The highest BCUT2D eigenvalue weighted by Gasteiger charge is 2.08. The Labute approximate surface area is 94.0 Å². The summed E-state index contributed by atoms with van der Waals surface area (Å²) in [5.74, 6) is 2.03. The van der Waals surface area contributed by atoms with Crippen LogP contribution in [0.25, 0.3) is 11.4 Å². The average molecular weight is 215 g/mol. The van der Waals surface area contributed by atoms with Gasteiger partial charge in [-0.25, -0.2) is 15.0 Å². The number of rotatable bonds is 1. The Balaban J connectivity index is 2.58. The van der Waals surface area contributed by atoms with Crippen LogP contribution in [-0.2, 0) is 0 Å². The molecule has 2 aromatic rings. The lowest BCUT2D eigenvalue weighted by Gasteiger charge is -2.05. The fourth-order valence-corrected chi connectivity index (χ4v) is 1.57. The van der Waals surface area contributed by atoms with E-state index in [1.54, 1.807) is 6.07 Å². The number of nitrogens with zero attached hydrogens (tertiary/aromatic N) is 3. The molecule has 1 N–H and O–H groups in total. The van der Waals surface area contributed by atoms with Gasteiger partial charge in [0.1, 0.15) is 17.4 Å². The molecule has 0 aliphatic heterocycles. The summed E-state index contributed by atoms with van der Waals surface area (Å²) in [4.78, 5) is 12.5. The second-order valence-corrected chi connectivity index (χ2v) is 3.77. The van der Waals surface area contributed by atoms with E-state index in [0.29, 0.717) is 23.0 Å². The number of hydrogen-bond donors (Lipinski definition) is 1. The van der Waals surface area contributed by atoms with Crippen molar-refractivity contribution in [3.05, 3.63) is 35.4 Å². The number of benzene rings is 1. The molecule has 0 aliphatic carbocycles. The number of aryl methyl sites for hydroxylation is 3. The largest absolute Gasteiger partial charge is 0.507 e. The van der Waals surface area contributed by atoms with E-state index in [0.717, 1.165) is 5.56 Å². The van der Waals surface area contributed by atoms with Crippen molar-refractivity contribution in [3.63, 3.8) is 0 Å². The smallest absolute Gasteiger partial charge is 0.167 e. The molecule has 0 radical (unpaired) electrons. The minimum Gasteiger partial charge on any atom is -0.507 e. The summed E-state index contributed by atoms with van der Waals surface area (Å²) < 4.78 is 0. The molecule has 4 nitrogen and oxygen atoms in total. The van der Waals surface area contributed by atoms with E-state index in [1.807, 2.05) is 32.9 Å². The molecule has 16 heavy (non-hydrogen) atoms. The van der Waals surface area contributed by atoms with Gasteiger partial charge >= 0.3 is 0 Å². The fourth-order valence-electron chi connectivity index (χ4n) is 1.57. The third kappa shape index (κ3) is 2.00. The molecule has 0 unspecified atom stereocenters. The Morgan fingerprint density at radius 1 is 0.938 bits per heavy atom. The number of hydrogen-bond acceptors (Lipinski definition) is 4. The van der Waals surface area contributed by atoms with Crippen LogP contribution >= 0.6 is 0 Å². The summed E-state index contributed by atoms with van der Waals surface area (Å²) in [7, 11) is 0. The van der Waals surface area contributed by atoms with Crippen LogP contribution in [-0.4, -0.2) is 20.1 Å². The molecule has 2 rings (SSSR count). The molecule has 1 aromatic carbocycles. The first kappa shape index (κ1) is 10.5. The molecular weight excluding hydrogens is 202 g/mol. The summed E-state index contributed by atoms with van der Waals surface area (Å²) in [5.41, 5.74) is 1.64. The number of aromatic hydroxyl groups is 1. The highest BCUT2D eigenvalue weighted by molar-refractivity contribution is 5.64. The summed E-state index contributed by atoms with van der Waals surface area (Å²) >= 11 is 0. The van der Waals surface area contributed by atoms with Crippen LogP contribution in [0.5, 0.6) is 5.75 Å². The molecule has 4 heteroatoms. The Morgan fingerprint density at radius 3 is 2.12 bits per heavy atom. The lowest BCUT2D eigenvalue weighted by atomic mass is 10.1. The van der Waals surface area contributed by atoms with Gasteiger partial charge in [-0.1, -0.05) is 6.07 Å². The third-order valence-corrected chi connectivity index (χ3v) is 2.25. The lowest BCUT2D eigenvalue weighted by molar-refractivity contribution is 0.476. The maximum Gasteiger partial charge on any atom is 0.167 e. The lowest BCUT2D eigenvalue weighted by Crippen LogP contribution is -1.98. The van der Waals surface area contributed by atoms with E-state index in [-0.39, 0.29) is 5.75 Å². The van der Waals surface area contributed by atoms with Crippen molar-refractivity contribution in [2.75, 3.05) is 0 Å². The highest BCUT2D eigenvalue weighted by Crippen LogP contribution is 2.26. The normalized spacial score (nSPS) is 10.4. The molecule has 82 valence electrons. The van der Waals surface area contributed by atoms with Crippen LogP contribution < -0.4 is 0 Å². The maximum absolute atomic E-state index is 9.83. The van der Waals surface area contributed by atoms with Crippen molar-refractivity contribution in [1.29, 1.82) is 0 Å². The Bertz CT molecular complexity index is 518. The van der Waals surface area contributed by atoms with E-state index in [2.05, 4.69) is 15.0 Å². The zero-order valence-electron chi connectivity index (χ0n) is 9.52. The van der Waals surface area contributed by atoms with E-state index in [4.69, 9.17) is 0 Å². The molecule has 0 bridgehead atoms. The molecule has 0 fully saturated rings. The zero-order chi connectivity index (χ0) is 11.7. The molecule has 0 saturated heterocycles. The van der Waals surface area contributed by atoms with Crippen LogP contribution in [0, 0.1) is 20.8 Å². The van der Waals surface area contributed by atoms with Gasteiger partial charge in [0.2, 0.25) is 0 Å². The van der Waals surface area contributed by atoms with E-state index in [1.165, 1.54) is 0 Å². The van der Waals surface area contributed by atoms with Gasteiger partial charge in [-0.05, 0) is 38.5 Å². The average Bonchev–Trinajstić information content (AvgIpc) is 2.15. The quantitative estimate of drug-likeness (QED) is 0.792. The van der Waals surface area contributed by atoms with Gasteiger partial charge in [-0.3, -0.25) is 0 Å². The van der Waals surface area contributed by atoms with Gasteiger partial charge in [0.25, 0.3) is 0 Å². The summed E-state index contributed by atoms with van der Waals surface area (Å²) in [6.45, 7) is 5.54. The third-order valence-electron chi connectivity index (χ3n) is 2.25. The number of aromatic nitrogens is 3. The summed E-state index contributed by atoms with van der Waals surface area (Å²) in [5, 5.41) is 9.83. The van der Waals surface area contributed by atoms with Gasteiger partial charge < -0.3 is 5.11 Å². The Morgan fingerprint density at radius 2 is 1.56 bits per heavy atom. The fraction of sp³-hybridized carbons (Fsp3) is 0.250. The van der Waals surface area contributed by atoms with Crippen LogP contribution in [0.4, 0.5) is 0 Å². The summed E-state index contributed by atoms with van der Waals surface area (Å²) in [6, 6.07) is 5.44. The Kier molecular flexibility index (Phi) is 2.56. The van der Waals surface area contributed by atoms with Crippen molar-refractivity contribution in [1.82, 2.24) is 15.0 Å².